The summed E-state index contributed by atoms with van der Waals surface area (Å²) in [5, 5.41) is 14.7. The molecule has 1 N–H and O–H groups in total. The van der Waals surface area contributed by atoms with Crippen molar-refractivity contribution in [3.63, 3.8) is 0 Å². The number of hydrogen-bond acceptors (Lipinski definition) is 5. The molecule has 92 valence electrons. The summed E-state index contributed by atoms with van der Waals surface area (Å²) in [6, 6.07) is 6.02. The number of ketones is 1. The van der Waals surface area contributed by atoms with Crippen LogP contribution < -0.4 is 5.32 Å². The minimum atomic E-state index is -0.291. The smallest absolute Gasteiger partial charge is 0.158 e. The third kappa shape index (κ3) is 2.09. The van der Waals surface area contributed by atoms with Gasteiger partial charge in [0, 0.05) is 16.1 Å². The number of thiol groups is 1. The summed E-state index contributed by atoms with van der Waals surface area (Å²) in [4.78, 5) is 12.8. The van der Waals surface area contributed by atoms with Gasteiger partial charge >= 0.3 is 0 Å². The van der Waals surface area contributed by atoms with Crippen molar-refractivity contribution in [2.45, 2.75) is 19.8 Å². The van der Waals surface area contributed by atoms with E-state index in [-0.39, 0.29) is 11.7 Å². The number of nitrogens with zero attached hydrogens (tertiary/aromatic N) is 1. The Kier molecular flexibility index (Phi) is 3.60. The van der Waals surface area contributed by atoms with E-state index in [1.165, 1.54) is 6.92 Å². The van der Waals surface area contributed by atoms with Gasteiger partial charge in [-0.15, -0.1) is 24.0 Å². The fourth-order valence-electron chi connectivity index (χ4n) is 2.13. The predicted octanol–water partition coefficient (Wildman–Crippen LogP) is 2.96. The van der Waals surface area contributed by atoms with Crippen LogP contribution in [0.4, 0.5) is 0 Å². The van der Waals surface area contributed by atoms with E-state index in [0.29, 0.717) is 16.2 Å². The summed E-state index contributed by atoms with van der Waals surface area (Å²) in [5.41, 5.74) is 1.91. The molecule has 1 aliphatic heterocycles. The molecule has 0 bridgehead atoms. The SMILES string of the molecule is CC(=O)C1=C(C)NC(S)=C(C#N)[C@@H]1c1cccs1. The summed E-state index contributed by atoms with van der Waals surface area (Å²) >= 11 is 5.84. The molecule has 3 nitrogen and oxygen atoms in total. The number of allylic oxidation sites excluding steroid dienone is 3. The van der Waals surface area contributed by atoms with Crippen molar-refractivity contribution in [1.29, 1.82) is 5.26 Å². The number of dihydropyridines is 1. The first-order chi connectivity index (χ1) is 8.56. The average molecular weight is 276 g/mol. The van der Waals surface area contributed by atoms with Crippen LogP contribution in [-0.2, 0) is 4.79 Å². The van der Waals surface area contributed by atoms with Gasteiger partial charge in [-0.1, -0.05) is 6.07 Å². The minimum Gasteiger partial charge on any atom is -0.353 e. The lowest BCUT2D eigenvalue weighted by Crippen LogP contribution is -2.25. The number of rotatable bonds is 2. The highest BCUT2D eigenvalue weighted by molar-refractivity contribution is 7.84. The zero-order chi connectivity index (χ0) is 13.3. The first kappa shape index (κ1) is 12.9. The van der Waals surface area contributed by atoms with Crippen molar-refractivity contribution in [3.05, 3.63) is 44.3 Å². The van der Waals surface area contributed by atoms with Crippen LogP contribution in [0.5, 0.6) is 0 Å². The Morgan fingerprint density at radius 2 is 2.33 bits per heavy atom. The second kappa shape index (κ2) is 5.01. The Hall–Kier alpha value is -1.51. The molecule has 0 saturated carbocycles. The van der Waals surface area contributed by atoms with Gasteiger partial charge in [-0.25, -0.2) is 0 Å². The highest BCUT2D eigenvalue weighted by Crippen LogP contribution is 2.40. The third-order valence-electron chi connectivity index (χ3n) is 2.87. The van der Waals surface area contributed by atoms with Crippen molar-refractivity contribution in [2.75, 3.05) is 0 Å². The molecule has 1 aromatic heterocycles. The zero-order valence-corrected chi connectivity index (χ0v) is 11.7. The minimum absolute atomic E-state index is 0.0213. The van der Waals surface area contributed by atoms with Crippen molar-refractivity contribution >= 4 is 29.7 Å². The van der Waals surface area contributed by atoms with Gasteiger partial charge < -0.3 is 5.32 Å². The van der Waals surface area contributed by atoms with E-state index in [1.54, 1.807) is 11.3 Å². The largest absolute Gasteiger partial charge is 0.353 e. The maximum Gasteiger partial charge on any atom is 0.158 e. The molecule has 2 rings (SSSR count). The monoisotopic (exact) mass is 276 g/mol. The van der Waals surface area contributed by atoms with E-state index in [9.17, 15) is 10.1 Å². The highest BCUT2D eigenvalue weighted by atomic mass is 32.1. The van der Waals surface area contributed by atoms with Crippen LogP contribution in [0.1, 0.15) is 24.6 Å². The van der Waals surface area contributed by atoms with Crippen LogP contribution >= 0.6 is 24.0 Å². The Balaban J connectivity index is 2.63. The first-order valence-electron chi connectivity index (χ1n) is 5.41. The maximum absolute atomic E-state index is 11.8. The molecule has 1 aliphatic rings. The molecule has 0 radical (unpaired) electrons. The predicted molar refractivity (Wildman–Crippen MR) is 75.2 cm³/mol. The molecule has 2 heterocycles. The van der Waals surface area contributed by atoms with E-state index in [0.717, 1.165) is 10.6 Å². The standard InChI is InChI=1S/C13H12N2OS2/c1-7-11(8(2)16)12(10-4-3-5-18-10)9(6-14)13(17)15-7/h3-5,12,15,17H,1-2H3/t12-/m1/s1. The maximum atomic E-state index is 11.8. The van der Waals surface area contributed by atoms with E-state index in [4.69, 9.17) is 0 Å². The lowest BCUT2D eigenvalue weighted by Gasteiger charge is -2.26. The second-order valence-electron chi connectivity index (χ2n) is 4.04. The molecule has 0 amide bonds. The summed E-state index contributed by atoms with van der Waals surface area (Å²) in [6.45, 7) is 3.36. The van der Waals surface area contributed by atoms with Crippen LogP contribution in [0, 0.1) is 11.3 Å². The Labute approximate surface area is 115 Å². The zero-order valence-electron chi connectivity index (χ0n) is 10.0. The molecule has 5 heteroatoms. The van der Waals surface area contributed by atoms with E-state index < -0.39 is 0 Å². The molecule has 1 atom stereocenters. The fraction of sp³-hybridized carbons (Fsp3) is 0.231. The molecule has 0 saturated heterocycles. The molecule has 0 fully saturated rings. The molecule has 18 heavy (non-hydrogen) atoms. The Bertz CT molecular complexity index is 591. The molecular weight excluding hydrogens is 264 g/mol. The number of Topliss-reactive ketones (excluding diaryl/α,β-unsaturated/α-hetero) is 1. The molecule has 0 aromatic carbocycles. The molecule has 0 spiro atoms. The van der Waals surface area contributed by atoms with Crippen molar-refractivity contribution in [1.82, 2.24) is 5.32 Å². The van der Waals surface area contributed by atoms with Crippen LogP contribution in [0.3, 0.4) is 0 Å². The third-order valence-corrected chi connectivity index (χ3v) is 4.16. The number of carbonyl (C=O) groups excluding carboxylic acids is 1. The topological polar surface area (TPSA) is 52.9 Å². The van der Waals surface area contributed by atoms with Crippen molar-refractivity contribution in [2.24, 2.45) is 0 Å². The fourth-order valence-corrected chi connectivity index (χ4v) is 3.32. The van der Waals surface area contributed by atoms with Crippen molar-refractivity contribution < 1.29 is 4.79 Å². The highest BCUT2D eigenvalue weighted by Gasteiger charge is 2.32. The molecular formula is C13H12N2OS2. The number of nitrogens with one attached hydrogen (secondary N) is 1. The Morgan fingerprint density at radius 3 is 2.83 bits per heavy atom. The van der Waals surface area contributed by atoms with E-state index >= 15 is 0 Å². The summed E-state index contributed by atoms with van der Waals surface area (Å²) in [7, 11) is 0. The number of nitriles is 1. The van der Waals surface area contributed by atoms with Gasteiger partial charge in [0.15, 0.2) is 5.78 Å². The molecule has 1 aromatic rings. The molecule has 0 aliphatic carbocycles. The van der Waals surface area contributed by atoms with Gasteiger partial charge in [0.1, 0.15) is 0 Å². The van der Waals surface area contributed by atoms with Crippen LogP contribution in [0.25, 0.3) is 0 Å². The van der Waals surface area contributed by atoms with Gasteiger partial charge in [-0.3, -0.25) is 4.79 Å². The number of carbonyl (C=O) groups is 1. The van der Waals surface area contributed by atoms with E-state index in [1.807, 2.05) is 24.4 Å². The first-order valence-corrected chi connectivity index (χ1v) is 6.74. The average Bonchev–Trinajstić information content (AvgIpc) is 2.80. The normalized spacial score (nSPS) is 19.6. The van der Waals surface area contributed by atoms with Gasteiger partial charge in [0.25, 0.3) is 0 Å². The van der Waals surface area contributed by atoms with Crippen molar-refractivity contribution in [3.8, 4) is 6.07 Å². The van der Waals surface area contributed by atoms with E-state index in [2.05, 4.69) is 24.0 Å². The number of thiophene rings is 1. The summed E-state index contributed by atoms with van der Waals surface area (Å²) in [5.74, 6) is -0.312. The van der Waals surface area contributed by atoms with Gasteiger partial charge in [0.05, 0.1) is 22.6 Å². The molecule has 0 unspecified atom stereocenters. The summed E-state index contributed by atoms with van der Waals surface area (Å²) < 4.78 is 0. The van der Waals surface area contributed by atoms with Gasteiger partial charge in [0.2, 0.25) is 0 Å². The van der Waals surface area contributed by atoms with Gasteiger partial charge in [-0.2, -0.15) is 5.26 Å². The van der Waals surface area contributed by atoms with Crippen LogP contribution in [-0.4, -0.2) is 5.78 Å². The van der Waals surface area contributed by atoms with Crippen LogP contribution in [0.2, 0.25) is 0 Å². The quantitative estimate of drug-likeness (QED) is 0.817. The van der Waals surface area contributed by atoms with Crippen LogP contribution in [0.15, 0.2) is 39.4 Å². The lowest BCUT2D eigenvalue weighted by atomic mass is 9.85. The second-order valence-corrected chi connectivity index (χ2v) is 5.47. The lowest BCUT2D eigenvalue weighted by molar-refractivity contribution is -0.113. The summed E-state index contributed by atoms with van der Waals surface area (Å²) in [6.07, 6.45) is 0. The Morgan fingerprint density at radius 1 is 1.61 bits per heavy atom. The van der Waals surface area contributed by atoms with Gasteiger partial charge in [-0.05, 0) is 25.3 Å². The number of hydrogen-bond donors (Lipinski definition) is 2.